The molecule has 7 nitrogen and oxygen atoms in total. The molecule has 1 aliphatic rings. The van der Waals surface area contributed by atoms with Gasteiger partial charge in [-0.1, -0.05) is 0 Å². The summed E-state index contributed by atoms with van der Waals surface area (Å²) in [7, 11) is 0. The zero-order valence-corrected chi connectivity index (χ0v) is 10.4. The molecule has 0 aliphatic carbocycles. The van der Waals surface area contributed by atoms with Gasteiger partial charge in [-0.05, 0) is 0 Å². The number of amides is 1. The van der Waals surface area contributed by atoms with Crippen molar-refractivity contribution in [2.24, 2.45) is 0 Å². The molecule has 0 bridgehead atoms. The summed E-state index contributed by atoms with van der Waals surface area (Å²) in [4.78, 5) is 19.8. The van der Waals surface area contributed by atoms with E-state index in [2.05, 4.69) is 15.0 Å². The van der Waals surface area contributed by atoms with Crippen LogP contribution >= 0.6 is 0 Å². The number of aliphatic hydroxyl groups excluding tert-OH is 1. The van der Waals surface area contributed by atoms with Crippen molar-refractivity contribution < 1.29 is 9.90 Å². The van der Waals surface area contributed by atoms with Crippen molar-refractivity contribution in [1.29, 1.82) is 0 Å². The third-order valence-corrected chi connectivity index (χ3v) is 3.16. The summed E-state index contributed by atoms with van der Waals surface area (Å²) >= 11 is 0. The van der Waals surface area contributed by atoms with Crippen LogP contribution in [0.25, 0.3) is 0 Å². The van der Waals surface area contributed by atoms with Gasteiger partial charge in [0.25, 0.3) is 0 Å². The predicted molar refractivity (Wildman–Crippen MR) is 64.7 cm³/mol. The molecule has 0 spiro atoms. The van der Waals surface area contributed by atoms with Gasteiger partial charge in [-0.3, -0.25) is 14.4 Å². The highest BCUT2D eigenvalue weighted by Crippen LogP contribution is 2.04. The summed E-state index contributed by atoms with van der Waals surface area (Å²) in [5.74, 6) is 0.161. The molecule has 0 radical (unpaired) electrons. The van der Waals surface area contributed by atoms with Gasteiger partial charge in [-0.2, -0.15) is 5.10 Å². The number of hydrogen-bond donors (Lipinski definition) is 1. The Morgan fingerprint density at radius 1 is 1.22 bits per heavy atom. The molecular formula is C11H19N5O2. The number of aryl methyl sites for hydroxylation is 1. The lowest BCUT2D eigenvalue weighted by atomic mass is 10.2. The van der Waals surface area contributed by atoms with Crippen LogP contribution in [0.4, 0.5) is 0 Å². The van der Waals surface area contributed by atoms with E-state index >= 15 is 0 Å². The number of aliphatic hydroxyl groups is 1. The van der Waals surface area contributed by atoms with E-state index < -0.39 is 0 Å². The number of aromatic nitrogens is 3. The number of hydrogen-bond acceptors (Lipinski definition) is 5. The van der Waals surface area contributed by atoms with Crippen LogP contribution in [0.3, 0.4) is 0 Å². The minimum atomic E-state index is 0.161. The van der Waals surface area contributed by atoms with E-state index in [-0.39, 0.29) is 12.5 Å². The Morgan fingerprint density at radius 2 is 2.00 bits per heavy atom. The van der Waals surface area contributed by atoms with Gasteiger partial charge in [0.05, 0.1) is 13.2 Å². The fourth-order valence-electron chi connectivity index (χ4n) is 2.08. The summed E-state index contributed by atoms with van der Waals surface area (Å²) in [6.07, 6.45) is 3.55. The topological polar surface area (TPSA) is 74.5 Å². The van der Waals surface area contributed by atoms with Crippen molar-refractivity contribution in [2.45, 2.75) is 13.0 Å². The monoisotopic (exact) mass is 253 g/mol. The van der Waals surface area contributed by atoms with Gasteiger partial charge in [-0.25, -0.2) is 4.98 Å². The van der Waals surface area contributed by atoms with Crippen molar-refractivity contribution in [3.63, 3.8) is 0 Å². The molecule has 0 saturated carbocycles. The average molecular weight is 253 g/mol. The molecule has 1 saturated heterocycles. The number of piperazine rings is 1. The van der Waals surface area contributed by atoms with Crippen LogP contribution < -0.4 is 0 Å². The van der Waals surface area contributed by atoms with Crippen LogP contribution in [0, 0.1) is 0 Å². The first-order valence-corrected chi connectivity index (χ1v) is 6.23. The molecular weight excluding hydrogens is 234 g/mol. The first-order valence-electron chi connectivity index (χ1n) is 6.23. The predicted octanol–water partition coefficient (Wildman–Crippen LogP) is -1.20. The second-order valence-electron chi connectivity index (χ2n) is 4.35. The average Bonchev–Trinajstić information content (AvgIpc) is 2.90. The van der Waals surface area contributed by atoms with Crippen LogP contribution in [0.2, 0.25) is 0 Å². The third-order valence-electron chi connectivity index (χ3n) is 3.16. The number of carbonyl (C=O) groups is 1. The summed E-state index contributed by atoms with van der Waals surface area (Å²) in [6, 6.07) is 0. The number of nitrogens with zero attached hydrogens (tertiary/aromatic N) is 5. The first-order chi connectivity index (χ1) is 8.79. The Labute approximate surface area is 106 Å². The zero-order valence-electron chi connectivity index (χ0n) is 10.4. The molecule has 7 heteroatoms. The molecule has 0 unspecified atom stereocenters. The van der Waals surface area contributed by atoms with Crippen LogP contribution in [0.1, 0.15) is 6.42 Å². The van der Waals surface area contributed by atoms with Crippen molar-refractivity contribution in [1.82, 2.24) is 24.6 Å². The standard InChI is InChI=1S/C11H19N5O2/c17-8-7-14-3-5-15(6-4-14)11(18)1-2-16-10-12-9-13-16/h9-10,17H,1-8H2. The highest BCUT2D eigenvalue weighted by atomic mass is 16.3. The first kappa shape index (κ1) is 13.0. The van der Waals surface area contributed by atoms with E-state index in [1.54, 1.807) is 11.0 Å². The fraction of sp³-hybridized carbons (Fsp3) is 0.727. The molecule has 1 aromatic rings. The fourth-order valence-corrected chi connectivity index (χ4v) is 2.08. The molecule has 100 valence electrons. The molecule has 18 heavy (non-hydrogen) atoms. The van der Waals surface area contributed by atoms with Gasteiger partial charge in [0, 0.05) is 39.1 Å². The Hall–Kier alpha value is -1.47. The van der Waals surface area contributed by atoms with E-state index in [0.29, 0.717) is 19.5 Å². The number of carbonyl (C=O) groups excluding carboxylic acids is 1. The lowest BCUT2D eigenvalue weighted by Crippen LogP contribution is -2.49. The largest absolute Gasteiger partial charge is 0.395 e. The van der Waals surface area contributed by atoms with Crippen LogP contribution in [-0.2, 0) is 11.3 Å². The highest BCUT2D eigenvalue weighted by molar-refractivity contribution is 5.76. The molecule has 0 aromatic carbocycles. The maximum atomic E-state index is 12.0. The van der Waals surface area contributed by atoms with Gasteiger partial charge < -0.3 is 10.0 Å². The van der Waals surface area contributed by atoms with Gasteiger partial charge in [-0.15, -0.1) is 0 Å². The molecule has 1 aliphatic heterocycles. The maximum Gasteiger partial charge on any atom is 0.224 e. The SMILES string of the molecule is O=C(CCn1cncn1)N1CCN(CCO)CC1. The summed E-state index contributed by atoms with van der Waals surface area (Å²) in [6.45, 7) is 4.63. The smallest absolute Gasteiger partial charge is 0.224 e. The lowest BCUT2D eigenvalue weighted by Gasteiger charge is -2.34. The number of rotatable bonds is 5. The Bertz CT molecular complexity index is 360. The zero-order chi connectivity index (χ0) is 12.8. The van der Waals surface area contributed by atoms with Crippen LogP contribution in [0.5, 0.6) is 0 Å². The highest BCUT2D eigenvalue weighted by Gasteiger charge is 2.20. The molecule has 1 aromatic heterocycles. The van der Waals surface area contributed by atoms with Crippen molar-refractivity contribution >= 4 is 5.91 Å². The van der Waals surface area contributed by atoms with E-state index in [1.807, 2.05) is 4.90 Å². The van der Waals surface area contributed by atoms with E-state index in [1.165, 1.54) is 6.33 Å². The molecule has 1 amide bonds. The van der Waals surface area contributed by atoms with Crippen molar-refractivity contribution in [3.05, 3.63) is 12.7 Å². The maximum absolute atomic E-state index is 12.0. The van der Waals surface area contributed by atoms with Crippen LogP contribution in [0.15, 0.2) is 12.7 Å². The number of β-amino-alcohol motifs (C(OH)–C–C–N with tert-alkyl or cyclic N) is 1. The minimum Gasteiger partial charge on any atom is -0.395 e. The van der Waals surface area contributed by atoms with Crippen LogP contribution in [-0.4, -0.2) is 74.9 Å². The molecule has 1 fully saturated rings. The Morgan fingerprint density at radius 3 is 2.61 bits per heavy atom. The van der Waals surface area contributed by atoms with Crippen molar-refractivity contribution in [3.8, 4) is 0 Å². The molecule has 1 N–H and O–H groups in total. The second-order valence-corrected chi connectivity index (χ2v) is 4.35. The van der Waals surface area contributed by atoms with Crippen molar-refractivity contribution in [2.75, 3.05) is 39.3 Å². The van der Waals surface area contributed by atoms with E-state index in [4.69, 9.17) is 5.11 Å². The van der Waals surface area contributed by atoms with E-state index in [9.17, 15) is 4.79 Å². The normalized spacial score (nSPS) is 17.1. The lowest BCUT2D eigenvalue weighted by molar-refractivity contribution is -0.133. The third kappa shape index (κ3) is 3.51. The Kier molecular flexibility index (Phi) is 4.66. The molecule has 2 heterocycles. The van der Waals surface area contributed by atoms with E-state index in [0.717, 1.165) is 26.2 Å². The van der Waals surface area contributed by atoms with Gasteiger partial charge in [0.15, 0.2) is 0 Å². The molecule has 0 atom stereocenters. The minimum absolute atomic E-state index is 0.161. The Balaban J connectivity index is 1.70. The second kappa shape index (κ2) is 6.46. The summed E-state index contributed by atoms with van der Waals surface area (Å²) in [5, 5.41) is 12.8. The summed E-state index contributed by atoms with van der Waals surface area (Å²) in [5.41, 5.74) is 0. The van der Waals surface area contributed by atoms with Gasteiger partial charge in [0.1, 0.15) is 12.7 Å². The quantitative estimate of drug-likeness (QED) is 0.714. The molecule has 2 rings (SSSR count). The van der Waals surface area contributed by atoms with Gasteiger partial charge >= 0.3 is 0 Å². The summed E-state index contributed by atoms with van der Waals surface area (Å²) < 4.78 is 1.67. The van der Waals surface area contributed by atoms with Gasteiger partial charge in [0.2, 0.25) is 5.91 Å².